The molecule has 1 fully saturated rings. The van der Waals surface area contributed by atoms with Gasteiger partial charge in [0.1, 0.15) is 11.6 Å². The topological polar surface area (TPSA) is 100 Å². The van der Waals surface area contributed by atoms with E-state index >= 15 is 0 Å². The zero-order valence-corrected chi connectivity index (χ0v) is 17.3. The first-order valence-corrected chi connectivity index (χ1v) is 10.6. The summed E-state index contributed by atoms with van der Waals surface area (Å²) < 4.78 is 69.8. The molecule has 168 valence electrons. The molecular weight excluding hydrogens is 439 g/mol. The zero-order valence-electron chi connectivity index (χ0n) is 16.5. The SMILES string of the molecule is COC(=O)Cc1cc(S(=O)(=O)N2CCN(c3ccc(C(F)(F)F)cn3)CC2)ccc1O. The average Bonchev–Trinajstić information content (AvgIpc) is 2.74. The summed E-state index contributed by atoms with van der Waals surface area (Å²) in [6, 6.07) is 5.87. The molecule has 2 aromatic rings. The van der Waals surface area contributed by atoms with Gasteiger partial charge in [-0.2, -0.15) is 17.5 Å². The molecule has 0 bridgehead atoms. The average molecular weight is 459 g/mol. The summed E-state index contributed by atoms with van der Waals surface area (Å²) in [5.74, 6) is -0.514. The number of nitrogens with zero attached hydrogens (tertiary/aromatic N) is 3. The second-order valence-electron chi connectivity index (χ2n) is 6.84. The van der Waals surface area contributed by atoms with Gasteiger partial charge in [0.2, 0.25) is 10.0 Å². The molecule has 8 nitrogen and oxygen atoms in total. The number of hydrogen-bond acceptors (Lipinski definition) is 7. The van der Waals surface area contributed by atoms with Gasteiger partial charge in [0, 0.05) is 37.9 Å². The first-order chi connectivity index (χ1) is 14.5. The van der Waals surface area contributed by atoms with Crippen molar-refractivity contribution in [3.63, 3.8) is 0 Å². The first-order valence-electron chi connectivity index (χ1n) is 9.19. The zero-order chi connectivity index (χ0) is 22.8. The maximum atomic E-state index is 13.0. The smallest absolute Gasteiger partial charge is 0.417 e. The molecular formula is C19H20F3N3O5S. The van der Waals surface area contributed by atoms with Crippen LogP contribution in [-0.2, 0) is 32.2 Å². The second kappa shape index (κ2) is 8.71. The quantitative estimate of drug-likeness (QED) is 0.683. The number of phenolic OH excluding ortho intramolecular Hbond substituents is 1. The lowest BCUT2D eigenvalue weighted by molar-refractivity contribution is -0.140. The van der Waals surface area contributed by atoms with Gasteiger partial charge in [0.25, 0.3) is 0 Å². The van der Waals surface area contributed by atoms with Crippen molar-refractivity contribution in [2.45, 2.75) is 17.5 Å². The Morgan fingerprint density at radius 2 is 1.84 bits per heavy atom. The number of esters is 1. The molecule has 0 saturated carbocycles. The Balaban J connectivity index is 1.71. The maximum absolute atomic E-state index is 13.0. The number of anilines is 1. The molecule has 1 aromatic carbocycles. The monoisotopic (exact) mass is 459 g/mol. The van der Waals surface area contributed by atoms with E-state index in [0.29, 0.717) is 5.82 Å². The first kappa shape index (κ1) is 22.8. The Bertz CT molecular complexity index is 1050. The van der Waals surface area contributed by atoms with Crippen LogP contribution in [-0.4, -0.2) is 62.1 Å². The van der Waals surface area contributed by atoms with Gasteiger partial charge in [0.15, 0.2) is 0 Å². The number of benzene rings is 1. The lowest BCUT2D eigenvalue weighted by atomic mass is 10.1. The van der Waals surface area contributed by atoms with Gasteiger partial charge in [-0.05, 0) is 30.3 Å². The number of phenols is 1. The highest BCUT2D eigenvalue weighted by Crippen LogP contribution is 2.30. The van der Waals surface area contributed by atoms with Crippen molar-refractivity contribution in [3.05, 3.63) is 47.7 Å². The molecule has 0 unspecified atom stereocenters. The number of methoxy groups -OCH3 is 1. The third-order valence-corrected chi connectivity index (χ3v) is 6.78. The fraction of sp³-hybridized carbons (Fsp3) is 0.368. The van der Waals surface area contributed by atoms with Gasteiger partial charge in [-0.1, -0.05) is 0 Å². The van der Waals surface area contributed by atoms with Crippen LogP contribution >= 0.6 is 0 Å². The van der Waals surface area contributed by atoms with Crippen molar-refractivity contribution >= 4 is 21.8 Å². The van der Waals surface area contributed by atoms with E-state index in [1.165, 1.54) is 35.7 Å². The van der Waals surface area contributed by atoms with Crippen LogP contribution < -0.4 is 4.90 Å². The van der Waals surface area contributed by atoms with E-state index < -0.39 is 27.7 Å². The number of halogens is 3. The second-order valence-corrected chi connectivity index (χ2v) is 8.78. The van der Waals surface area contributed by atoms with Gasteiger partial charge in [0.05, 0.1) is 24.0 Å². The molecule has 0 spiro atoms. The minimum atomic E-state index is -4.48. The van der Waals surface area contributed by atoms with Gasteiger partial charge in [-0.3, -0.25) is 4.79 Å². The fourth-order valence-corrected chi connectivity index (χ4v) is 4.61. The summed E-state index contributed by atoms with van der Waals surface area (Å²) in [4.78, 5) is 16.9. The van der Waals surface area contributed by atoms with Crippen LogP contribution in [0.2, 0.25) is 0 Å². The number of piperazine rings is 1. The Morgan fingerprint density at radius 3 is 2.39 bits per heavy atom. The maximum Gasteiger partial charge on any atom is 0.417 e. The predicted molar refractivity (Wildman–Crippen MR) is 104 cm³/mol. The minimum absolute atomic E-state index is 0.0784. The molecule has 0 aliphatic carbocycles. The van der Waals surface area contributed by atoms with Crippen molar-refractivity contribution < 1.29 is 36.2 Å². The van der Waals surface area contributed by atoms with Crippen molar-refractivity contribution in [2.24, 2.45) is 0 Å². The molecule has 31 heavy (non-hydrogen) atoms. The lowest BCUT2D eigenvalue weighted by Gasteiger charge is -2.34. The van der Waals surface area contributed by atoms with Gasteiger partial charge < -0.3 is 14.7 Å². The molecule has 3 rings (SSSR count). The Kier molecular flexibility index (Phi) is 6.41. The molecule has 1 aromatic heterocycles. The summed E-state index contributed by atoms with van der Waals surface area (Å²) in [7, 11) is -2.72. The van der Waals surface area contributed by atoms with E-state index in [9.17, 15) is 31.5 Å². The number of alkyl halides is 3. The van der Waals surface area contributed by atoms with Gasteiger partial charge in [-0.25, -0.2) is 13.4 Å². The molecule has 2 heterocycles. The number of aromatic hydroxyl groups is 1. The van der Waals surface area contributed by atoms with Crippen molar-refractivity contribution in [3.8, 4) is 5.75 Å². The molecule has 0 atom stereocenters. The summed E-state index contributed by atoms with van der Waals surface area (Å²) in [6.07, 6.45) is -4.01. The Morgan fingerprint density at radius 1 is 1.16 bits per heavy atom. The van der Waals surface area contributed by atoms with Crippen LogP contribution in [0.15, 0.2) is 41.4 Å². The number of hydrogen-bond donors (Lipinski definition) is 1. The highest BCUT2D eigenvalue weighted by molar-refractivity contribution is 7.89. The number of rotatable bonds is 5. The van der Waals surface area contributed by atoms with Crippen LogP contribution in [0.3, 0.4) is 0 Å². The van der Waals surface area contributed by atoms with Crippen molar-refractivity contribution in [1.82, 2.24) is 9.29 Å². The van der Waals surface area contributed by atoms with Crippen LogP contribution in [0.25, 0.3) is 0 Å². The van der Waals surface area contributed by atoms with Crippen molar-refractivity contribution in [2.75, 3.05) is 38.2 Å². The van der Waals surface area contributed by atoms with E-state index in [1.54, 1.807) is 4.90 Å². The van der Waals surface area contributed by atoms with Gasteiger partial charge in [-0.15, -0.1) is 0 Å². The Hall–Kier alpha value is -2.86. The molecule has 1 N–H and O–H groups in total. The number of carbonyl (C=O) groups is 1. The van der Waals surface area contributed by atoms with Crippen molar-refractivity contribution in [1.29, 1.82) is 0 Å². The van der Waals surface area contributed by atoms with E-state index in [0.717, 1.165) is 12.3 Å². The molecule has 1 saturated heterocycles. The van der Waals surface area contributed by atoms with Crippen LogP contribution in [0.4, 0.5) is 19.0 Å². The fourth-order valence-electron chi connectivity index (χ4n) is 3.14. The van der Waals surface area contributed by atoms with E-state index in [4.69, 9.17) is 0 Å². The highest BCUT2D eigenvalue weighted by atomic mass is 32.2. The number of sulfonamides is 1. The van der Waals surface area contributed by atoms with Crippen LogP contribution in [0.5, 0.6) is 5.75 Å². The summed E-state index contributed by atoms with van der Waals surface area (Å²) in [5.41, 5.74) is -0.729. The molecule has 0 radical (unpaired) electrons. The summed E-state index contributed by atoms with van der Waals surface area (Å²) >= 11 is 0. The molecule has 1 aliphatic heterocycles. The molecule has 12 heteroatoms. The minimum Gasteiger partial charge on any atom is -0.508 e. The largest absolute Gasteiger partial charge is 0.508 e. The Labute approximate surface area is 176 Å². The number of aromatic nitrogens is 1. The van der Waals surface area contributed by atoms with E-state index in [2.05, 4.69) is 9.72 Å². The van der Waals surface area contributed by atoms with Crippen LogP contribution in [0.1, 0.15) is 11.1 Å². The van der Waals surface area contributed by atoms with E-state index in [-0.39, 0.29) is 48.8 Å². The predicted octanol–water partition coefficient (Wildman–Crippen LogP) is 2.03. The highest BCUT2D eigenvalue weighted by Gasteiger charge is 2.32. The number of pyridine rings is 1. The summed E-state index contributed by atoms with van der Waals surface area (Å²) in [6.45, 7) is 0.673. The van der Waals surface area contributed by atoms with Crippen LogP contribution in [0, 0.1) is 0 Å². The van der Waals surface area contributed by atoms with Gasteiger partial charge >= 0.3 is 12.1 Å². The number of ether oxygens (including phenoxy) is 1. The normalized spacial score (nSPS) is 15.7. The lowest BCUT2D eigenvalue weighted by Crippen LogP contribution is -2.48. The molecule has 0 amide bonds. The third kappa shape index (κ3) is 5.07. The standard InChI is InChI=1S/C19H20F3N3O5S/c1-30-18(27)11-13-10-15(3-4-16(13)26)31(28,29)25-8-6-24(7-9-25)17-5-2-14(12-23-17)19(20,21)22/h2-5,10,12,26H,6-9,11H2,1H3. The van der Waals surface area contributed by atoms with E-state index in [1.807, 2.05) is 0 Å². The number of carbonyl (C=O) groups excluding carboxylic acids is 1. The molecule has 1 aliphatic rings. The summed E-state index contributed by atoms with van der Waals surface area (Å²) in [5, 5.41) is 9.89. The third-order valence-electron chi connectivity index (χ3n) is 4.89.